The van der Waals surface area contributed by atoms with E-state index in [-0.39, 0.29) is 41.1 Å². The average Bonchev–Trinajstić information content (AvgIpc) is 3.72. The summed E-state index contributed by atoms with van der Waals surface area (Å²) in [7, 11) is -2.65. The van der Waals surface area contributed by atoms with Gasteiger partial charge in [-0.1, -0.05) is 6.07 Å². The number of rotatable bonds is 6. The summed E-state index contributed by atoms with van der Waals surface area (Å²) >= 11 is 0. The minimum Gasteiger partial charge on any atom is -0.507 e. The van der Waals surface area contributed by atoms with E-state index in [4.69, 9.17) is 8.85 Å². The Balaban J connectivity index is 1.24. The fourth-order valence-electron chi connectivity index (χ4n) is 5.74. The van der Waals surface area contributed by atoms with Gasteiger partial charge in [0.2, 0.25) is 5.88 Å². The van der Waals surface area contributed by atoms with E-state index in [1.807, 2.05) is 0 Å². The number of ether oxygens (including phenoxy) is 1. The third-order valence-electron chi connectivity index (χ3n) is 7.61. The summed E-state index contributed by atoms with van der Waals surface area (Å²) in [6.07, 6.45) is 7.66. The highest BCUT2D eigenvalue weighted by Gasteiger charge is 2.50. The van der Waals surface area contributed by atoms with Crippen molar-refractivity contribution in [3.8, 4) is 34.1 Å². The van der Waals surface area contributed by atoms with Gasteiger partial charge >= 0.3 is 0 Å². The highest BCUT2D eigenvalue weighted by molar-refractivity contribution is 5.72. The highest BCUT2D eigenvalue weighted by atomic mass is 19.1. The number of phenols is 1. The fourth-order valence-corrected chi connectivity index (χ4v) is 5.74. The number of methoxy groups -OCH3 is 1. The summed E-state index contributed by atoms with van der Waals surface area (Å²) in [5.74, 6) is 0.558. The number of hydrogen-bond donors (Lipinski definition) is 2. The molecule has 1 aliphatic carbocycles. The Bertz CT molecular complexity index is 1360. The molecule has 2 N–H and O–H groups in total. The van der Waals surface area contributed by atoms with Crippen LogP contribution in [0.4, 0.5) is 10.2 Å². The molecule has 4 heterocycles. The van der Waals surface area contributed by atoms with E-state index in [1.165, 1.54) is 18.3 Å². The summed E-state index contributed by atoms with van der Waals surface area (Å²) in [6.45, 7) is 2.19. The van der Waals surface area contributed by atoms with Crippen LogP contribution in [0.2, 0.25) is 0 Å². The standard InChI is InChI=1S/C26H30FN7O2/c1-26-9-3-4-19(30-26)24(27)20(12-26)34(17-6-7-17)22-14-28-25(33-31-22)18-8-5-15(10-21(18)35)16-11-23(36-2)32-29-13-16/h5,8,10-11,13-14,17,19-20,24,30,35H,3-4,6-7,9,12H2,1-2H3/t19-,20-,24+,26-/m0/s1/i2D3. The predicted octanol–water partition coefficient (Wildman–Crippen LogP) is 3.69. The number of nitrogens with zero attached hydrogens (tertiary/aromatic N) is 6. The lowest BCUT2D eigenvalue weighted by Gasteiger charge is -2.52. The van der Waals surface area contributed by atoms with Crippen molar-refractivity contribution in [2.45, 2.75) is 75.3 Å². The zero-order valence-corrected chi connectivity index (χ0v) is 19.9. The van der Waals surface area contributed by atoms with Crippen molar-refractivity contribution >= 4 is 5.82 Å². The summed E-state index contributed by atoms with van der Waals surface area (Å²) in [5, 5.41) is 30.5. The van der Waals surface area contributed by atoms with E-state index in [0.29, 0.717) is 28.9 Å². The van der Waals surface area contributed by atoms with Crippen LogP contribution in [0.3, 0.4) is 0 Å². The van der Waals surface area contributed by atoms with Crippen LogP contribution in [0, 0.1) is 0 Å². The molecule has 0 unspecified atom stereocenters. The topological polar surface area (TPSA) is 109 Å². The van der Waals surface area contributed by atoms with Gasteiger partial charge in [0.05, 0.1) is 35.1 Å². The van der Waals surface area contributed by atoms with Crippen molar-refractivity contribution in [3.05, 3.63) is 36.7 Å². The van der Waals surface area contributed by atoms with Crippen molar-refractivity contribution in [2.75, 3.05) is 11.9 Å². The Morgan fingerprint density at radius 3 is 2.81 bits per heavy atom. The molecule has 1 saturated carbocycles. The number of alkyl halides is 1. The molecule has 0 spiro atoms. The smallest absolute Gasteiger partial charge is 0.233 e. The lowest BCUT2D eigenvalue weighted by molar-refractivity contribution is 0.0584. The van der Waals surface area contributed by atoms with Crippen molar-refractivity contribution < 1.29 is 18.3 Å². The Morgan fingerprint density at radius 2 is 2.06 bits per heavy atom. The minimum atomic E-state index is -2.65. The van der Waals surface area contributed by atoms with Gasteiger partial charge in [0.15, 0.2) is 11.6 Å². The first-order chi connectivity index (χ1) is 18.6. The highest BCUT2D eigenvalue weighted by Crippen LogP contribution is 2.42. The molecule has 4 atom stereocenters. The van der Waals surface area contributed by atoms with Gasteiger partial charge in [-0.05, 0) is 63.1 Å². The first kappa shape index (κ1) is 19.7. The molecule has 2 bridgehead atoms. The van der Waals surface area contributed by atoms with E-state index in [2.05, 4.69) is 42.5 Å². The molecule has 2 aromatic heterocycles. The third-order valence-corrected chi connectivity index (χ3v) is 7.61. The summed E-state index contributed by atoms with van der Waals surface area (Å²) in [4.78, 5) is 6.58. The van der Waals surface area contributed by atoms with Gasteiger partial charge in [0.25, 0.3) is 0 Å². The van der Waals surface area contributed by atoms with Crippen LogP contribution in [-0.2, 0) is 0 Å². The Hall–Kier alpha value is -3.40. The van der Waals surface area contributed by atoms with Gasteiger partial charge in [-0.25, -0.2) is 9.37 Å². The largest absolute Gasteiger partial charge is 0.507 e. The quantitative estimate of drug-likeness (QED) is 0.530. The van der Waals surface area contributed by atoms with Crippen molar-refractivity contribution in [2.24, 2.45) is 0 Å². The van der Waals surface area contributed by atoms with E-state index in [0.717, 1.165) is 32.1 Å². The monoisotopic (exact) mass is 494 g/mol. The number of fused-ring (bicyclic) bond motifs is 2. The van der Waals surface area contributed by atoms with Gasteiger partial charge in [0, 0.05) is 29.3 Å². The van der Waals surface area contributed by atoms with Crippen LogP contribution in [0.15, 0.2) is 36.7 Å². The van der Waals surface area contributed by atoms with Gasteiger partial charge < -0.3 is 20.1 Å². The van der Waals surface area contributed by atoms with Crippen LogP contribution in [0.1, 0.15) is 49.6 Å². The molecular formula is C26H30FN7O2. The summed E-state index contributed by atoms with van der Waals surface area (Å²) in [5.41, 5.74) is 1.39. The van der Waals surface area contributed by atoms with Crippen molar-refractivity contribution in [1.29, 1.82) is 0 Å². The van der Waals surface area contributed by atoms with Crippen LogP contribution in [0.25, 0.3) is 22.5 Å². The predicted molar refractivity (Wildman–Crippen MR) is 132 cm³/mol. The first-order valence-electron chi connectivity index (χ1n) is 13.8. The van der Waals surface area contributed by atoms with Gasteiger partial charge in [-0.15, -0.1) is 15.3 Å². The van der Waals surface area contributed by atoms with Crippen molar-refractivity contribution in [3.63, 3.8) is 0 Å². The molecule has 0 amide bonds. The summed E-state index contributed by atoms with van der Waals surface area (Å²) < 4.78 is 42.2. The molecule has 1 aromatic carbocycles. The number of halogens is 1. The van der Waals surface area contributed by atoms with E-state index in [1.54, 1.807) is 18.3 Å². The fraction of sp³-hybridized carbons (Fsp3) is 0.500. The van der Waals surface area contributed by atoms with Crippen LogP contribution in [0.5, 0.6) is 11.6 Å². The van der Waals surface area contributed by atoms with E-state index in [9.17, 15) is 5.11 Å². The second-order valence-electron chi connectivity index (χ2n) is 10.3. The van der Waals surface area contributed by atoms with Crippen molar-refractivity contribution in [1.82, 2.24) is 30.7 Å². The van der Waals surface area contributed by atoms with E-state index < -0.39 is 13.2 Å². The zero-order chi connectivity index (χ0) is 27.4. The SMILES string of the molecule is [2H]C([2H])([2H])Oc1cc(-c2ccc(-c3ncc(N(C4CC4)[C@H]4C[C@]5(C)CCC[C@H](N5)[C@H]4F)nn3)c(O)c2)cnn1. The molecular weight excluding hydrogens is 461 g/mol. The number of aromatic nitrogens is 5. The molecule has 3 aliphatic rings. The van der Waals surface area contributed by atoms with Gasteiger partial charge in [-0.3, -0.25) is 0 Å². The molecule has 0 radical (unpaired) electrons. The average molecular weight is 495 g/mol. The maximum absolute atomic E-state index is 15.6. The Labute approximate surface area is 213 Å². The normalized spacial score (nSPS) is 29.1. The minimum absolute atomic E-state index is 0.0817. The third kappa shape index (κ3) is 4.23. The Morgan fingerprint density at radius 1 is 1.17 bits per heavy atom. The number of anilines is 1. The molecule has 10 heteroatoms. The number of benzene rings is 1. The lowest BCUT2D eigenvalue weighted by Crippen LogP contribution is -2.67. The van der Waals surface area contributed by atoms with Gasteiger partial charge in [0.1, 0.15) is 11.9 Å². The van der Waals surface area contributed by atoms with Gasteiger partial charge in [-0.2, -0.15) is 5.10 Å². The zero-order valence-electron chi connectivity index (χ0n) is 22.9. The number of nitrogens with one attached hydrogen (secondary N) is 1. The van der Waals surface area contributed by atoms with Crippen LogP contribution < -0.4 is 15.0 Å². The molecule has 3 aromatic rings. The molecule has 36 heavy (non-hydrogen) atoms. The number of hydrogen-bond acceptors (Lipinski definition) is 9. The summed E-state index contributed by atoms with van der Waals surface area (Å²) in [6, 6.07) is 6.11. The molecule has 9 nitrogen and oxygen atoms in total. The lowest BCUT2D eigenvalue weighted by atomic mass is 9.74. The molecule has 2 aliphatic heterocycles. The second kappa shape index (κ2) is 8.92. The number of aromatic hydroxyl groups is 1. The maximum atomic E-state index is 15.6. The van der Waals surface area contributed by atoms with Crippen LogP contribution >= 0.6 is 0 Å². The molecule has 6 rings (SSSR count). The molecule has 3 fully saturated rings. The molecule has 2 saturated heterocycles. The van der Waals surface area contributed by atoms with Crippen LogP contribution in [-0.4, -0.2) is 67.4 Å². The second-order valence-corrected chi connectivity index (χ2v) is 10.3. The Kier molecular flexibility index (Phi) is 4.89. The molecule has 188 valence electrons. The number of phenolic OH excluding ortho intramolecular Hbond substituents is 1. The first-order valence-corrected chi connectivity index (χ1v) is 12.3. The van der Waals surface area contributed by atoms with E-state index >= 15 is 4.39 Å². The number of piperidine rings is 2. The maximum Gasteiger partial charge on any atom is 0.233 e.